The quantitative estimate of drug-likeness (QED) is 0.782. The highest BCUT2D eigenvalue weighted by Crippen LogP contribution is 2.30. The third kappa shape index (κ3) is 2.84. The average Bonchev–Trinajstić information content (AvgIpc) is 2.93. The summed E-state index contributed by atoms with van der Waals surface area (Å²) in [6.07, 6.45) is 8.56. The smallest absolute Gasteiger partial charge is 0.166 e. The van der Waals surface area contributed by atoms with E-state index in [2.05, 4.69) is 37.8 Å². The summed E-state index contributed by atoms with van der Waals surface area (Å²) in [7, 11) is 1.88. The van der Waals surface area contributed by atoms with Gasteiger partial charge in [-0.2, -0.15) is 0 Å². The average molecular weight is 322 g/mol. The zero-order chi connectivity index (χ0) is 16.5. The number of hydrogen-bond acceptors (Lipinski definition) is 5. The number of nitrogens with zero attached hydrogens (tertiary/aromatic N) is 5. The van der Waals surface area contributed by atoms with Crippen LogP contribution in [0.2, 0.25) is 0 Å². The lowest BCUT2D eigenvalue weighted by atomic mass is 9.83. The Morgan fingerprint density at radius 3 is 2.83 bits per heavy atom. The summed E-state index contributed by atoms with van der Waals surface area (Å²) in [6.45, 7) is 2.75. The van der Waals surface area contributed by atoms with E-state index in [1.807, 2.05) is 25.6 Å². The van der Waals surface area contributed by atoms with Crippen LogP contribution >= 0.6 is 0 Å². The maximum absolute atomic E-state index is 4.81. The van der Waals surface area contributed by atoms with Gasteiger partial charge >= 0.3 is 0 Å². The second-order valence-electron chi connectivity index (χ2n) is 6.61. The normalized spacial score (nSPS) is 14.8. The molecule has 0 amide bonds. The fourth-order valence-corrected chi connectivity index (χ4v) is 3.19. The molecule has 0 spiro atoms. The number of pyridine rings is 1. The first kappa shape index (κ1) is 15.1. The largest absolute Gasteiger partial charge is 0.371 e. The predicted octanol–water partition coefficient (Wildman–Crippen LogP) is 2.96. The summed E-state index contributed by atoms with van der Waals surface area (Å²) < 4.78 is 2.06. The number of anilines is 1. The van der Waals surface area contributed by atoms with Gasteiger partial charge in [-0.15, -0.1) is 0 Å². The molecule has 6 heteroatoms. The monoisotopic (exact) mass is 322 g/mol. The molecule has 1 N–H and O–H groups in total. The number of aromatic nitrogens is 5. The molecule has 124 valence electrons. The summed E-state index contributed by atoms with van der Waals surface area (Å²) >= 11 is 0. The number of rotatable bonds is 5. The van der Waals surface area contributed by atoms with Crippen LogP contribution in [0.15, 0.2) is 24.7 Å². The first-order chi connectivity index (χ1) is 11.7. The fourth-order valence-electron chi connectivity index (χ4n) is 3.19. The predicted molar refractivity (Wildman–Crippen MR) is 94.0 cm³/mol. The number of nitrogens with one attached hydrogen (secondary N) is 1. The Hall–Kier alpha value is -2.50. The standard InChI is InChI=1S/C18H22N6/c1-12-6-7-20-14(8-12)10-24-11-21-16-17(19-2)22-15(23-18(16)24)9-13-4-3-5-13/h6-8,11,13H,3-5,9-10H2,1-2H3,(H,19,22,23). The van der Waals surface area contributed by atoms with E-state index in [0.717, 1.165) is 40.8 Å². The van der Waals surface area contributed by atoms with Crippen molar-refractivity contribution in [2.24, 2.45) is 5.92 Å². The number of fused-ring (bicyclic) bond motifs is 1. The van der Waals surface area contributed by atoms with Crippen molar-refractivity contribution in [3.63, 3.8) is 0 Å². The lowest BCUT2D eigenvalue weighted by Crippen LogP contribution is -2.16. The van der Waals surface area contributed by atoms with Crippen molar-refractivity contribution in [2.75, 3.05) is 12.4 Å². The topological polar surface area (TPSA) is 68.5 Å². The van der Waals surface area contributed by atoms with Crippen LogP contribution in [-0.4, -0.2) is 31.6 Å². The van der Waals surface area contributed by atoms with Gasteiger partial charge in [-0.05, 0) is 30.5 Å². The Morgan fingerprint density at radius 2 is 2.12 bits per heavy atom. The second-order valence-corrected chi connectivity index (χ2v) is 6.61. The Balaban J connectivity index is 1.71. The van der Waals surface area contributed by atoms with Gasteiger partial charge in [0, 0.05) is 19.7 Å². The molecule has 1 saturated carbocycles. The Bertz CT molecular complexity index is 865. The first-order valence-corrected chi connectivity index (χ1v) is 8.54. The van der Waals surface area contributed by atoms with Gasteiger partial charge in [0.2, 0.25) is 0 Å². The second kappa shape index (κ2) is 6.19. The van der Waals surface area contributed by atoms with Crippen LogP contribution in [0, 0.1) is 12.8 Å². The molecule has 3 heterocycles. The molecule has 1 aliphatic rings. The molecule has 24 heavy (non-hydrogen) atoms. The molecule has 0 atom stereocenters. The summed E-state index contributed by atoms with van der Waals surface area (Å²) in [4.78, 5) is 18.4. The lowest BCUT2D eigenvalue weighted by molar-refractivity contribution is 0.309. The molecular weight excluding hydrogens is 300 g/mol. The van der Waals surface area contributed by atoms with E-state index < -0.39 is 0 Å². The van der Waals surface area contributed by atoms with Crippen molar-refractivity contribution in [1.29, 1.82) is 0 Å². The Morgan fingerprint density at radius 1 is 1.25 bits per heavy atom. The van der Waals surface area contributed by atoms with Crippen LogP contribution in [-0.2, 0) is 13.0 Å². The van der Waals surface area contributed by atoms with Gasteiger partial charge < -0.3 is 9.88 Å². The molecule has 0 radical (unpaired) electrons. The minimum atomic E-state index is 0.668. The summed E-state index contributed by atoms with van der Waals surface area (Å²) in [5.74, 6) is 2.46. The van der Waals surface area contributed by atoms with E-state index >= 15 is 0 Å². The molecule has 0 unspecified atom stereocenters. The third-order valence-corrected chi connectivity index (χ3v) is 4.75. The molecular formula is C18H22N6. The van der Waals surface area contributed by atoms with Crippen LogP contribution in [0.4, 0.5) is 5.82 Å². The molecule has 0 aromatic carbocycles. The van der Waals surface area contributed by atoms with Crippen LogP contribution in [0.1, 0.15) is 36.3 Å². The SMILES string of the molecule is CNc1nc(CC2CCC2)nc2c1ncn2Cc1cc(C)ccn1. The zero-order valence-electron chi connectivity index (χ0n) is 14.2. The molecule has 3 aromatic rings. The van der Waals surface area contributed by atoms with Gasteiger partial charge in [-0.1, -0.05) is 19.3 Å². The maximum atomic E-state index is 4.81. The minimum Gasteiger partial charge on any atom is -0.371 e. The third-order valence-electron chi connectivity index (χ3n) is 4.75. The number of aryl methyl sites for hydroxylation is 1. The van der Waals surface area contributed by atoms with Crippen molar-refractivity contribution in [2.45, 2.75) is 39.2 Å². The van der Waals surface area contributed by atoms with E-state index in [4.69, 9.17) is 4.98 Å². The van der Waals surface area contributed by atoms with Gasteiger partial charge in [-0.3, -0.25) is 4.98 Å². The molecule has 0 saturated heterocycles. The highest BCUT2D eigenvalue weighted by atomic mass is 15.2. The Kier molecular flexibility index (Phi) is 3.88. The van der Waals surface area contributed by atoms with Gasteiger partial charge in [0.25, 0.3) is 0 Å². The highest BCUT2D eigenvalue weighted by Gasteiger charge is 2.21. The van der Waals surface area contributed by atoms with Crippen molar-refractivity contribution in [1.82, 2.24) is 24.5 Å². The van der Waals surface area contributed by atoms with Crippen LogP contribution < -0.4 is 5.32 Å². The summed E-state index contributed by atoms with van der Waals surface area (Å²) in [6, 6.07) is 4.11. The van der Waals surface area contributed by atoms with E-state index in [1.54, 1.807) is 0 Å². The van der Waals surface area contributed by atoms with Crippen molar-refractivity contribution >= 4 is 17.0 Å². The number of imidazole rings is 1. The molecule has 1 aliphatic carbocycles. The van der Waals surface area contributed by atoms with Gasteiger partial charge in [-0.25, -0.2) is 15.0 Å². The molecule has 4 rings (SSSR count). The molecule has 3 aromatic heterocycles. The lowest BCUT2D eigenvalue weighted by Gasteiger charge is -2.24. The Labute approximate surface area is 141 Å². The van der Waals surface area contributed by atoms with Gasteiger partial charge in [0.05, 0.1) is 18.6 Å². The van der Waals surface area contributed by atoms with E-state index in [9.17, 15) is 0 Å². The van der Waals surface area contributed by atoms with Crippen molar-refractivity contribution < 1.29 is 0 Å². The van der Waals surface area contributed by atoms with Crippen LogP contribution in [0.5, 0.6) is 0 Å². The molecule has 6 nitrogen and oxygen atoms in total. The van der Waals surface area contributed by atoms with E-state index in [1.165, 1.54) is 24.8 Å². The highest BCUT2D eigenvalue weighted by molar-refractivity contribution is 5.82. The summed E-state index contributed by atoms with van der Waals surface area (Å²) in [5, 5.41) is 3.16. The molecule has 0 aliphatic heterocycles. The fraction of sp³-hybridized carbons (Fsp3) is 0.444. The molecule has 0 bridgehead atoms. The van der Waals surface area contributed by atoms with Crippen molar-refractivity contribution in [3.8, 4) is 0 Å². The molecule has 1 fully saturated rings. The maximum Gasteiger partial charge on any atom is 0.166 e. The summed E-state index contributed by atoms with van der Waals surface area (Å²) in [5.41, 5.74) is 3.93. The van der Waals surface area contributed by atoms with E-state index in [-0.39, 0.29) is 0 Å². The van der Waals surface area contributed by atoms with Crippen LogP contribution in [0.3, 0.4) is 0 Å². The van der Waals surface area contributed by atoms with Crippen molar-refractivity contribution in [3.05, 3.63) is 41.7 Å². The van der Waals surface area contributed by atoms with E-state index in [0.29, 0.717) is 6.54 Å². The zero-order valence-corrected chi connectivity index (χ0v) is 14.2. The van der Waals surface area contributed by atoms with Crippen LogP contribution in [0.25, 0.3) is 11.2 Å². The van der Waals surface area contributed by atoms with Gasteiger partial charge in [0.15, 0.2) is 11.5 Å². The first-order valence-electron chi connectivity index (χ1n) is 8.54. The number of hydrogen-bond donors (Lipinski definition) is 1. The minimum absolute atomic E-state index is 0.668. The van der Waals surface area contributed by atoms with Gasteiger partial charge in [0.1, 0.15) is 11.3 Å².